The van der Waals surface area contributed by atoms with E-state index < -0.39 is 0 Å². The lowest BCUT2D eigenvalue weighted by Crippen LogP contribution is -2.44. The van der Waals surface area contributed by atoms with Crippen molar-refractivity contribution >= 4 is 17.7 Å². The van der Waals surface area contributed by atoms with Crippen molar-refractivity contribution < 1.29 is 4.79 Å². The van der Waals surface area contributed by atoms with Gasteiger partial charge in [-0.15, -0.1) is 0 Å². The number of nitrogens with zero attached hydrogens (tertiary/aromatic N) is 2. The van der Waals surface area contributed by atoms with E-state index in [0.717, 1.165) is 6.42 Å². The Morgan fingerprint density at radius 2 is 2.29 bits per heavy atom. The monoisotopic (exact) mass is 303 g/mol. The summed E-state index contributed by atoms with van der Waals surface area (Å²) in [6.45, 7) is 4.09. The van der Waals surface area contributed by atoms with Crippen LogP contribution in [0.4, 0.5) is 0 Å². The summed E-state index contributed by atoms with van der Waals surface area (Å²) in [5.41, 5.74) is 0.570. The highest BCUT2D eigenvalue weighted by molar-refractivity contribution is 8.00. The standard InChI is InChI=1S/C16H21N3OS/c1-11-5-3-4-6-14(11)19-16(20)12(2)21-15-9-13(10-17)7-8-18-15/h7-9,11-12,14H,3-6H2,1-2H3,(H,19,20)/t11-,12+,14+/m1/s1. The summed E-state index contributed by atoms with van der Waals surface area (Å²) < 4.78 is 0. The van der Waals surface area contributed by atoms with Crippen molar-refractivity contribution in [3.8, 4) is 6.07 Å². The number of thioether (sulfide) groups is 1. The van der Waals surface area contributed by atoms with Crippen LogP contribution in [0.1, 0.15) is 45.1 Å². The fraction of sp³-hybridized carbons (Fsp3) is 0.562. The highest BCUT2D eigenvalue weighted by Crippen LogP contribution is 2.26. The number of nitrogens with one attached hydrogen (secondary N) is 1. The van der Waals surface area contributed by atoms with Gasteiger partial charge in [-0.25, -0.2) is 4.98 Å². The Labute approximate surface area is 130 Å². The van der Waals surface area contributed by atoms with Crippen LogP contribution in [0.5, 0.6) is 0 Å². The van der Waals surface area contributed by atoms with Crippen LogP contribution in [0.2, 0.25) is 0 Å². The minimum atomic E-state index is -0.208. The number of aromatic nitrogens is 1. The summed E-state index contributed by atoms with van der Waals surface area (Å²) in [5.74, 6) is 0.614. The summed E-state index contributed by atoms with van der Waals surface area (Å²) in [4.78, 5) is 16.5. The molecule has 1 aromatic heterocycles. The molecule has 1 aromatic rings. The number of nitriles is 1. The molecular weight excluding hydrogens is 282 g/mol. The molecule has 0 saturated heterocycles. The van der Waals surface area contributed by atoms with Crippen molar-refractivity contribution in [3.63, 3.8) is 0 Å². The van der Waals surface area contributed by atoms with Gasteiger partial charge < -0.3 is 5.32 Å². The topological polar surface area (TPSA) is 65.8 Å². The first-order chi connectivity index (χ1) is 10.1. The van der Waals surface area contributed by atoms with E-state index in [-0.39, 0.29) is 11.2 Å². The molecule has 112 valence electrons. The van der Waals surface area contributed by atoms with Crippen molar-refractivity contribution in [3.05, 3.63) is 23.9 Å². The maximum atomic E-state index is 12.3. The van der Waals surface area contributed by atoms with E-state index in [2.05, 4.69) is 23.3 Å². The molecule has 1 fully saturated rings. The third kappa shape index (κ3) is 4.47. The molecule has 21 heavy (non-hydrogen) atoms. The molecule has 0 aromatic carbocycles. The third-order valence-electron chi connectivity index (χ3n) is 3.97. The predicted molar refractivity (Wildman–Crippen MR) is 83.8 cm³/mol. The van der Waals surface area contributed by atoms with E-state index in [9.17, 15) is 4.79 Å². The SMILES string of the molecule is C[C@H](Sc1cc(C#N)ccn1)C(=O)N[C@H]1CCCC[C@H]1C. The zero-order valence-corrected chi connectivity index (χ0v) is 13.3. The summed E-state index contributed by atoms with van der Waals surface area (Å²) >= 11 is 1.40. The second-order valence-corrected chi connectivity index (χ2v) is 6.99. The second-order valence-electron chi connectivity index (χ2n) is 5.63. The van der Waals surface area contributed by atoms with Gasteiger partial charge in [0.2, 0.25) is 5.91 Å². The summed E-state index contributed by atoms with van der Waals surface area (Å²) in [5, 5.41) is 12.6. The lowest BCUT2D eigenvalue weighted by molar-refractivity contribution is -0.121. The van der Waals surface area contributed by atoms with Gasteiger partial charge >= 0.3 is 0 Å². The molecule has 3 atom stereocenters. The first-order valence-corrected chi connectivity index (χ1v) is 8.31. The Morgan fingerprint density at radius 1 is 1.52 bits per heavy atom. The van der Waals surface area contributed by atoms with Crippen LogP contribution in [0.25, 0.3) is 0 Å². The number of amides is 1. The maximum Gasteiger partial charge on any atom is 0.233 e. The molecule has 0 bridgehead atoms. The van der Waals surface area contributed by atoms with E-state index in [4.69, 9.17) is 5.26 Å². The van der Waals surface area contributed by atoms with E-state index in [0.29, 0.717) is 22.5 Å². The molecule has 1 saturated carbocycles. The molecule has 5 heteroatoms. The van der Waals surface area contributed by atoms with Crippen LogP contribution in [0.15, 0.2) is 23.4 Å². The van der Waals surface area contributed by atoms with E-state index in [1.807, 2.05) is 6.92 Å². The van der Waals surface area contributed by atoms with Crippen molar-refractivity contribution in [1.29, 1.82) is 5.26 Å². The first kappa shape index (κ1) is 15.8. The smallest absolute Gasteiger partial charge is 0.233 e. The molecule has 1 amide bonds. The zero-order chi connectivity index (χ0) is 15.2. The fourth-order valence-corrected chi connectivity index (χ4v) is 3.46. The van der Waals surface area contributed by atoms with Crippen LogP contribution in [0.3, 0.4) is 0 Å². The maximum absolute atomic E-state index is 12.3. The van der Waals surface area contributed by atoms with Gasteiger partial charge in [-0.2, -0.15) is 5.26 Å². The third-order valence-corrected chi connectivity index (χ3v) is 5.00. The average molecular weight is 303 g/mol. The van der Waals surface area contributed by atoms with Crippen LogP contribution in [-0.2, 0) is 4.79 Å². The molecule has 1 aliphatic rings. The van der Waals surface area contributed by atoms with Crippen LogP contribution in [-0.4, -0.2) is 22.2 Å². The number of carbonyl (C=O) groups excluding carboxylic acids is 1. The first-order valence-electron chi connectivity index (χ1n) is 7.43. The minimum absolute atomic E-state index is 0.0583. The summed E-state index contributed by atoms with van der Waals surface area (Å²) in [7, 11) is 0. The molecule has 1 N–H and O–H groups in total. The van der Waals surface area contributed by atoms with Gasteiger partial charge in [0.25, 0.3) is 0 Å². The predicted octanol–water partition coefficient (Wildman–Crippen LogP) is 3.13. The fourth-order valence-electron chi connectivity index (χ4n) is 2.61. The molecule has 0 unspecified atom stereocenters. The highest BCUT2D eigenvalue weighted by atomic mass is 32.2. The Kier molecular flexibility index (Phi) is 5.63. The van der Waals surface area contributed by atoms with Gasteiger partial charge in [0, 0.05) is 12.2 Å². The van der Waals surface area contributed by atoms with Gasteiger partial charge in [-0.1, -0.05) is 31.5 Å². The van der Waals surface area contributed by atoms with Crippen LogP contribution in [0, 0.1) is 17.2 Å². The Balaban J connectivity index is 1.91. The Hall–Kier alpha value is -1.54. The van der Waals surface area contributed by atoms with Crippen molar-refractivity contribution in [2.75, 3.05) is 0 Å². The van der Waals surface area contributed by atoms with Gasteiger partial charge in [0.1, 0.15) is 0 Å². The van der Waals surface area contributed by atoms with Gasteiger partial charge in [0.15, 0.2) is 0 Å². The van der Waals surface area contributed by atoms with Crippen molar-refractivity contribution in [2.45, 2.75) is 55.8 Å². The zero-order valence-electron chi connectivity index (χ0n) is 12.5. The van der Waals surface area contributed by atoms with Gasteiger partial charge in [-0.3, -0.25) is 4.79 Å². The number of hydrogen-bond donors (Lipinski definition) is 1. The molecular formula is C16H21N3OS. The normalized spacial score (nSPS) is 23.1. The molecule has 0 radical (unpaired) electrons. The number of hydrogen-bond acceptors (Lipinski definition) is 4. The average Bonchev–Trinajstić information content (AvgIpc) is 2.49. The minimum Gasteiger partial charge on any atom is -0.352 e. The van der Waals surface area contributed by atoms with E-state index >= 15 is 0 Å². The molecule has 2 rings (SSSR count). The second kappa shape index (κ2) is 7.46. The summed E-state index contributed by atoms with van der Waals surface area (Å²) in [6.07, 6.45) is 6.34. The molecule has 0 spiro atoms. The highest BCUT2D eigenvalue weighted by Gasteiger charge is 2.25. The van der Waals surface area contributed by atoms with Gasteiger partial charge in [-0.05, 0) is 37.8 Å². The van der Waals surface area contributed by atoms with Crippen LogP contribution >= 0.6 is 11.8 Å². The van der Waals surface area contributed by atoms with Gasteiger partial charge in [0.05, 0.1) is 21.9 Å². The largest absolute Gasteiger partial charge is 0.352 e. The molecule has 4 nitrogen and oxygen atoms in total. The van der Waals surface area contributed by atoms with Crippen molar-refractivity contribution in [1.82, 2.24) is 10.3 Å². The number of pyridine rings is 1. The molecule has 1 heterocycles. The van der Waals surface area contributed by atoms with E-state index in [1.54, 1.807) is 18.3 Å². The molecule has 1 aliphatic carbocycles. The lowest BCUT2D eigenvalue weighted by atomic mass is 9.86. The van der Waals surface area contributed by atoms with E-state index in [1.165, 1.54) is 31.0 Å². The number of carbonyl (C=O) groups is 1. The Morgan fingerprint density at radius 3 is 3.00 bits per heavy atom. The van der Waals surface area contributed by atoms with Crippen LogP contribution < -0.4 is 5.32 Å². The summed E-state index contributed by atoms with van der Waals surface area (Å²) in [6, 6.07) is 5.77. The molecule has 0 aliphatic heterocycles. The van der Waals surface area contributed by atoms with Crippen molar-refractivity contribution in [2.24, 2.45) is 5.92 Å². The Bertz CT molecular complexity index is 541. The lowest BCUT2D eigenvalue weighted by Gasteiger charge is -2.30. The quantitative estimate of drug-likeness (QED) is 0.868. The number of rotatable bonds is 4.